The molecule has 0 aliphatic carbocycles. The van der Waals surface area contributed by atoms with Gasteiger partial charge in [-0.05, 0) is 62.2 Å². The quantitative estimate of drug-likeness (QED) is 0.655. The van der Waals surface area contributed by atoms with E-state index in [0.29, 0.717) is 29.0 Å². The highest BCUT2D eigenvalue weighted by atomic mass is 79.9. The Labute approximate surface area is 171 Å². The van der Waals surface area contributed by atoms with E-state index in [1.807, 2.05) is 44.2 Å². The van der Waals surface area contributed by atoms with Crippen molar-refractivity contribution in [2.24, 2.45) is 0 Å². The fourth-order valence-corrected chi connectivity index (χ4v) is 3.47. The number of methoxy groups -OCH3 is 1. The summed E-state index contributed by atoms with van der Waals surface area (Å²) in [5.41, 5.74) is 4.47. The Morgan fingerprint density at radius 2 is 1.89 bits per heavy atom. The van der Waals surface area contributed by atoms with Crippen LogP contribution in [0.2, 0.25) is 0 Å². The van der Waals surface area contributed by atoms with Crippen LogP contribution in [0.4, 0.5) is 0 Å². The second-order valence-corrected chi connectivity index (χ2v) is 7.66. The first-order chi connectivity index (χ1) is 13.3. The molecule has 146 valence electrons. The lowest BCUT2D eigenvalue weighted by Crippen LogP contribution is -2.33. The molecule has 1 N–H and O–H groups in total. The van der Waals surface area contributed by atoms with Gasteiger partial charge < -0.3 is 10.1 Å². The molecule has 1 amide bonds. The fraction of sp³-hybridized carbons (Fsp3) is 0.286. The molecule has 0 fully saturated rings. The molecule has 0 unspecified atom stereocenters. The minimum Gasteiger partial charge on any atom is -0.496 e. The molecular weight excluding hydrogens is 422 g/mol. The average Bonchev–Trinajstić information content (AvgIpc) is 2.66. The third kappa shape index (κ3) is 4.09. The highest BCUT2D eigenvalue weighted by Gasteiger charge is 2.13. The van der Waals surface area contributed by atoms with Gasteiger partial charge in [0.2, 0.25) is 5.91 Å². The number of fused-ring (bicyclic) bond motifs is 1. The molecule has 0 saturated carbocycles. The van der Waals surface area contributed by atoms with E-state index in [0.717, 1.165) is 21.2 Å². The second-order valence-electron chi connectivity index (χ2n) is 6.75. The number of amides is 1. The summed E-state index contributed by atoms with van der Waals surface area (Å²) in [6, 6.07) is 9.45. The van der Waals surface area contributed by atoms with Gasteiger partial charge >= 0.3 is 0 Å². The molecule has 7 heteroatoms. The number of carbonyl (C=O) groups excluding carboxylic acids is 1. The third-order valence-corrected chi connectivity index (χ3v) is 5.24. The van der Waals surface area contributed by atoms with Crippen molar-refractivity contribution in [1.82, 2.24) is 14.9 Å². The van der Waals surface area contributed by atoms with Crippen LogP contribution in [0.5, 0.6) is 5.75 Å². The Morgan fingerprint density at radius 1 is 1.18 bits per heavy atom. The summed E-state index contributed by atoms with van der Waals surface area (Å²) < 4.78 is 7.71. The predicted octanol–water partition coefficient (Wildman–Crippen LogP) is 3.41. The second kappa shape index (κ2) is 8.14. The van der Waals surface area contributed by atoms with E-state index < -0.39 is 0 Å². The van der Waals surface area contributed by atoms with Crippen LogP contribution >= 0.6 is 15.9 Å². The zero-order valence-electron chi connectivity index (χ0n) is 16.3. The lowest BCUT2D eigenvalue weighted by atomic mass is 10.1. The number of carbonyl (C=O) groups is 1. The topological polar surface area (TPSA) is 73.2 Å². The lowest BCUT2D eigenvalue weighted by molar-refractivity contribution is -0.121. The lowest BCUT2D eigenvalue weighted by Gasteiger charge is -2.14. The van der Waals surface area contributed by atoms with Crippen LogP contribution < -0.4 is 15.6 Å². The van der Waals surface area contributed by atoms with Crippen molar-refractivity contribution in [1.29, 1.82) is 0 Å². The van der Waals surface area contributed by atoms with Crippen molar-refractivity contribution in [3.05, 3.63) is 67.5 Å². The van der Waals surface area contributed by atoms with E-state index >= 15 is 0 Å². The van der Waals surface area contributed by atoms with Crippen molar-refractivity contribution in [3.63, 3.8) is 0 Å². The zero-order valence-corrected chi connectivity index (χ0v) is 17.9. The maximum absolute atomic E-state index is 12.6. The standard InChI is InChI=1S/C21H22BrN3O3/c1-12-7-17-18(8-13(12)2)25(21(27)14(3)24-17)11-20(26)23-10-15-9-16(22)5-6-19(15)28-4/h5-9H,10-11H2,1-4H3,(H,23,26). The number of hydrogen-bond donors (Lipinski definition) is 1. The number of rotatable bonds is 5. The van der Waals surface area contributed by atoms with Gasteiger partial charge in [0.25, 0.3) is 5.56 Å². The molecule has 3 rings (SSSR count). The van der Waals surface area contributed by atoms with Crippen LogP contribution in [0.3, 0.4) is 0 Å². The summed E-state index contributed by atoms with van der Waals surface area (Å²) in [5, 5.41) is 2.87. The summed E-state index contributed by atoms with van der Waals surface area (Å²) in [7, 11) is 1.59. The number of aryl methyl sites for hydroxylation is 3. The van der Waals surface area contributed by atoms with E-state index in [2.05, 4.69) is 26.2 Å². The molecule has 6 nitrogen and oxygen atoms in total. The number of ether oxygens (including phenoxy) is 1. The Kier molecular flexibility index (Phi) is 5.84. The van der Waals surface area contributed by atoms with E-state index in [4.69, 9.17) is 4.74 Å². The van der Waals surface area contributed by atoms with Crippen molar-refractivity contribution in [3.8, 4) is 5.75 Å². The van der Waals surface area contributed by atoms with Gasteiger partial charge in [-0.25, -0.2) is 4.98 Å². The van der Waals surface area contributed by atoms with Gasteiger partial charge in [-0.3, -0.25) is 14.2 Å². The Morgan fingerprint density at radius 3 is 2.61 bits per heavy atom. The van der Waals surface area contributed by atoms with Gasteiger partial charge in [-0.1, -0.05) is 15.9 Å². The number of aromatic nitrogens is 2. The Hall–Kier alpha value is -2.67. The van der Waals surface area contributed by atoms with Crippen LogP contribution in [0.1, 0.15) is 22.4 Å². The van der Waals surface area contributed by atoms with Crippen molar-refractivity contribution in [2.45, 2.75) is 33.9 Å². The summed E-state index contributed by atoms with van der Waals surface area (Å²) >= 11 is 3.42. The molecule has 0 bridgehead atoms. The number of halogens is 1. The molecule has 0 atom stereocenters. The molecular formula is C21H22BrN3O3. The minimum absolute atomic E-state index is 0.0719. The smallest absolute Gasteiger partial charge is 0.272 e. The predicted molar refractivity (Wildman–Crippen MR) is 113 cm³/mol. The van der Waals surface area contributed by atoms with Gasteiger partial charge in [0.15, 0.2) is 0 Å². The minimum atomic E-state index is -0.258. The molecule has 0 radical (unpaired) electrons. The maximum atomic E-state index is 12.6. The van der Waals surface area contributed by atoms with Crippen molar-refractivity contribution in [2.75, 3.05) is 7.11 Å². The van der Waals surface area contributed by atoms with E-state index in [1.165, 1.54) is 4.57 Å². The number of benzene rings is 2. The zero-order chi connectivity index (χ0) is 20.4. The van der Waals surface area contributed by atoms with Gasteiger partial charge in [0.05, 0.1) is 18.1 Å². The Bertz CT molecular complexity index is 1120. The number of nitrogens with zero attached hydrogens (tertiary/aromatic N) is 2. The van der Waals surface area contributed by atoms with E-state index in [-0.39, 0.29) is 18.0 Å². The summed E-state index contributed by atoms with van der Waals surface area (Å²) in [6.45, 7) is 5.87. The molecule has 2 aromatic carbocycles. The first kappa shape index (κ1) is 20.1. The molecule has 0 aliphatic rings. The van der Waals surface area contributed by atoms with E-state index in [9.17, 15) is 9.59 Å². The summed E-state index contributed by atoms with van der Waals surface area (Å²) in [5.74, 6) is 0.436. The van der Waals surface area contributed by atoms with Gasteiger partial charge in [-0.15, -0.1) is 0 Å². The molecule has 3 aromatic rings. The van der Waals surface area contributed by atoms with Gasteiger partial charge in [0, 0.05) is 16.6 Å². The van der Waals surface area contributed by atoms with Crippen molar-refractivity contribution < 1.29 is 9.53 Å². The molecule has 0 aliphatic heterocycles. The van der Waals surface area contributed by atoms with Crippen LogP contribution in [-0.4, -0.2) is 22.6 Å². The molecule has 1 aromatic heterocycles. The molecule has 0 spiro atoms. The van der Waals surface area contributed by atoms with Gasteiger partial charge in [-0.2, -0.15) is 0 Å². The number of nitrogens with one attached hydrogen (secondary N) is 1. The fourth-order valence-electron chi connectivity index (χ4n) is 3.06. The highest BCUT2D eigenvalue weighted by molar-refractivity contribution is 9.10. The van der Waals surface area contributed by atoms with Gasteiger partial charge in [0.1, 0.15) is 18.0 Å². The monoisotopic (exact) mass is 443 g/mol. The third-order valence-electron chi connectivity index (χ3n) is 4.74. The molecule has 28 heavy (non-hydrogen) atoms. The SMILES string of the molecule is COc1ccc(Br)cc1CNC(=O)Cn1c(=O)c(C)nc2cc(C)c(C)cc21. The largest absolute Gasteiger partial charge is 0.496 e. The maximum Gasteiger partial charge on any atom is 0.272 e. The van der Waals surface area contributed by atoms with Crippen LogP contribution in [0.15, 0.2) is 39.6 Å². The first-order valence-corrected chi connectivity index (χ1v) is 9.67. The van der Waals surface area contributed by atoms with Crippen LogP contribution in [0.25, 0.3) is 11.0 Å². The van der Waals surface area contributed by atoms with E-state index in [1.54, 1.807) is 14.0 Å². The first-order valence-electron chi connectivity index (χ1n) is 8.87. The molecule has 1 heterocycles. The summed E-state index contributed by atoms with van der Waals surface area (Å²) in [6.07, 6.45) is 0. The summed E-state index contributed by atoms with van der Waals surface area (Å²) in [4.78, 5) is 29.6. The highest BCUT2D eigenvalue weighted by Crippen LogP contribution is 2.22. The number of hydrogen-bond acceptors (Lipinski definition) is 4. The van der Waals surface area contributed by atoms with Crippen LogP contribution in [-0.2, 0) is 17.9 Å². The van der Waals surface area contributed by atoms with Crippen molar-refractivity contribution >= 4 is 32.9 Å². The molecule has 0 saturated heterocycles. The normalized spacial score (nSPS) is 10.9. The average molecular weight is 444 g/mol. The Balaban J connectivity index is 1.87. The van der Waals surface area contributed by atoms with Crippen LogP contribution in [0, 0.1) is 20.8 Å².